The Hall–Kier alpha value is -1.09. The van der Waals surface area contributed by atoms with Crippen LogP contribution in [-0.2, 0) is 0 Å². The summed E-state index contributed by atoms with van der Waals surface area (Å²) < 4.78 is 0. The second-order valence-electron chi connectivity index (χ2n) is 1.85. The number of H-pyrrole nitrogens is 1. The third-order valence-corrected chi connectivity index (χ3v) is 1.55. The van der Waals surface area contributed by atoms with Gasteiger partial charge >= 0.3 is 0 Å². The van der Waals surface area contributed by atoms with Crippen molar-refractivity contribution >= 4 is 22.6 Å². The van der Waals surface area contributed by atoms with Crippen LogP contribution in [0.25, 0.3) is 11.0 Å². The van der Waals surface area contributed by atoms with E-state index in [9.17, 15) is 0 Å². The van der Waals surface area contributed by atoms with Gasteiger partial charge in [-0.1, -0.05) is 11.5 Å². The Bertz CT molecular complexity index is 355. The number of rotatable bonds is 0. The minimum absolute atomic E-state index is 0.436. The van der Waals surface area contributed by atoms with Gasteiger partial charge in [-0.15, -0.1) is 11.6 Å². The first kappa shape index (κ1) is 5.68. The van der Waals surface area contributed by atoms with Gasteiger partial charge in [0.25, 0.3) is 0 Å². The van der Waals surface area contributed by atoms with Gasteiger partial charge in [-0.2, -0.15) is 0 Å². The van der Waals surface area contributed by atoms with Gasteiger partial charge in [-0.05, 0) is 6.20 Å². The van der Waals surface area contributed by atoms with E-state index < -0.39 is 0 Å². The molecule has 0 amide bonds. The molecule has 0 unspecified atom stereocenters. The van der Waals surface area contributed by atoms with E-state index in [2.05, 4.69) is 21.3 Å². The van der Waals surface area contributed by atoms with Gasteiger partial charge in [-0.25, -0.2) is 0 Å². The smallest absolute Gasteiger partial charge is 0.0272 e. The zero-order valence-electron chi connectivity index (χ0n) is 4.93. The molecule has 0 aliphatic rings. The molecule has 0 fully saturated rings. The molecule has 0 radical (unpaired) electrons. The van der Waals surface area contributed by atoms with E-state index in [0.29, 0.717) is 5.15 Å². The van der Waals surface area contributed by atoms with E-state index in [1.807, 2.05) is 6.07 Å². The van der Waals surface area contributed by atoms with Crippen LogP contribution < -0.4 is 0 Å². The topological polar surface area (TPSA) is 41.6 Å². The zero-order chi connectivity index (χ0) is 6.97. The summed E-state index contributed by atoms with van der Waals surface area (Å²) >= 11 is 5.70. The van der Waals surface area contributed by atoms with Gasteiger partial charge in [0.15, 0.2) is 0 Å². The van der Waals surface area contributed by atoms with Crippen LogP contribution in [0.1, 0.15) is 0 Å². The Morgan fingerprint density at radius 3 is 3.20 bits per heavy atom. The Kier molecular flexibility index (Phi) is 1.11. The summed E-state index contributed by atoms with van der Waals surface area (Å²) in [4.78, 5) is 10.4. The van der Waals surface area contributed by atoms with E-state index in [0.717, 1.165) is 11.0 Å². The molecular weight excluding hydrogens is 150 g/mol. The Labute approximate surface area is 62.1 Å². The molecule has 0 bridgehead atoms. The Morgan fingerprint density at radius 1 is 1.50 bits per heavy atom. The monoisotopic (exact) mass is 152 g/mol. The van der Waals surface area contributed by atoms with Crippen LogP contribution >= 0.6 is 11.6 Å². The van der Waals surface area contributed by atoms with Gasteiger partial charge in [0.2, 0.25) is 0 Å². The molecule has 0 saturated heterocycles. The van der Waals surface area contributed by atoms with Crippen molar-refractivity contribution in [2.75, 3.05) is 0 Å². The van der Waals surface area contributed by atoms with Crippen LogP contribution in [0.2, 0.25) is 5.15 Å². The first-order chi connectivity index (χ1) is 4.88. The van der Waals surface area contributed by atoms with E-state index in [4.69, 9.17) is 11.6 Å². The minimum Gasteiger partial charge on any atom is -0.399 e. The molecule has 2 aromatic heterocycles. The molecule has 2 rings (SSSR count). The number of nitrogens with one attached hydrogen (secondary N) is 1. The number of aromatic amines is 1. The van der Waals surface area contributed by atoms with Crippen LogP contribution in [0.4, 0.5) is 0 Å². The molecule has 0 atom stereocenters. The number of aromatic nitrogens is 3. The summed E-state index contributed by atoms with van der Waals surface area (Å²) in [6.45, 7) is 0. The van der Waals surface area contributed by atoms with Crippen molar-refractivity contribution in [3.05, 3.63) is 23.7 Å². The number of halogens is 1. The normalized spacial score (nSPS) is 10.5. The van der Waals surface area contributed by atoms with Crippen molar-refractivity contribution in [2.45, 2.75) is 0 Å². The van der Waals surface area contributed by atoms with Gasteiger partial charge in [0.05, 0.1) is 0 Å². The summed E-state index contributed by atoms with van der Waals surface area (Å²) in [5, 5.41) is 1.27. The predicted octanol–water partition coefficient (Wildman–Crippen LogP) is 1.41. The van der Waals surface area contributed by atoms with Crippen LogP contribution in [0.3, 0.4) is 0 Å². The molecule has 3 nitrogen and oxygen atoms in total. The van der Waals surface area contributed by atoms with E-state index >= 15 is 0 Å². The first-order valence-electron chi connectivity index (χ1n) is 2.74. The van der Waals surface area contributed by atoms with Crippen LogP contribution in [-0.4, -0.2) is 15.0 Å². The highest BCUT2D eigenvalue weighted by Crippen LogP contribution is 2.16. The fourth-order valence-corrected chi connectivity index (χ4v) is 0.989. The minimum atomic E-state index is 0.436. The lowest BCUT2D eigenvalue weighted by Gasteiger charge is -1.99. The second kappa shape index (κ2) is 1.95. The average molecular weight is 153 g/mol. The molecule has 0 saturated carbocycles. The molecule has 0 aliphatic heterocycles. The summed E-state index contributed by atoms with van der Waals surface area (Å²) in [5.74, 6) is 0. The van der Waals surface area contributed by atoms with Crippen LogP contribution in [0, 0.1) is 6.33 Å². The summed E-state index contributed by atoms with van der Waals surface area (Å²) in [6.07, 6.45) is 4.19. The molecular formula is C6H3ClN3-. The zero-order valence-corrected chi connectivity index (χ0v) is 5.68. The van der Waals surface area contributed by atoms with Crippen molar-refractivity contribution in [1.82, 2.24) is 15.0 Å². The fourth-order valence-electron chi connectivity index (χ4n) is 0.799. The van der Waals surface area contributed by atoms with Crippen molar-refractivity contribution in [1.29, 1.82) is 0 Å². The van der Waals surface area contributed by atoms with Crippen LogP contribution in [0.5, 0.6) is 0 Å². The maximum Gasteiger partial charge on any atom is 0.0272 e. The van der Waals surface area contributed by atoms with Crippen molar-refractivity contribution in [3.8, 4) is 0 Å². The van der Waals surface area contributed by atoms with Crippen LogP contribution in [0.15, 0.2) is 12.3 Å². The maximum atomic E-state index is 5.70. The summed E-state index contributed by atoms with van der Waals surface area (Å²) in [5.41, 5.74) is 0.722. The lowest BCUT2D eigenvalue weighted by molar-refractivity contribution is 1.18. The third kappa shape index (κ3) is 0.675. The highest BCUT2D eigenvalue weighted by Gasteiger charge is 1.88. The summed E-state index contributed by atoms with van der Waals surface area (Å²) in [6, 6.07) is 1.82. The number of hydrogen-bond donors (Lipinski definition) is 1. The summed E-state index contributed by atoms with van der Waals surface area (Å²) in [7, 11) is 0. The first-order valence-corrected chi connectivity index (χ1v) is 3.12. The SMILES string of the molecule is Clc1n[c-]nc2[nH]ccc12. The number of nitrogens with zero attached hydrogens (tertiary/aromatic N) is 2. The predicted molar refractivity (Wildman–Crippen MR) is 37.7 cm³/mol. The maximum absolute atomic E-state index is 5.70. The Morgan fingerprint density at radius 2 is 2.40 bits per heavy atom. The molecule has 10 heavy (non-hydrogen) atoms. The van der Waals surface area contributed by atoms with Crippen molar-refractivity contribution in [3.63, 3.8) is 0 Å². The molecule has 2 heterocycles. The fraction of sp³-hybridized carbons (Fsp3) is 0. The average Bonchev–Trinajstić information content (AvgIpc) is 2.36. The molecule has 0 spiro atoms. The molecule has 0 aliphatic carbocycles. The largest absolute Gasteiger partial charge is 0.399 e. The van der Waals surface area contributed by atoms with E-state index in [1.54, 1.807) is 6.20 Å². The van der Waals surface area contributed by atoms with Gasteiger partial charge in [0.1, 0.15) is 0 Å². The standard InChI is InChI=1S/C6H3ClN3/c7-5-4-1-2-8-6(4)10-3-9-5/h1-2H,(H,8,9,10)/q-1. The molecule has 1 N–H and O–H groups in total. The lowest BCUT2D eigenvalue weighted by Crippen LogP contribution is -1.80. The van der Waals surface area contributed by atoms with E-state index in [-0.39, 0.29) is 0 Å². The van der Waals surface area contributed by atoms with Crippen molar-refractivity contribution < 1.29 is 0 Å². The Balaban J connectivity index is 2.95. The molecule has 4 heteroatoms. The van der Waals surface area contributed by atoms with Gasteiger partial charge in [-0.3, -0.25) is 0 Å². The highest BCUT2D eigenvalue weighted by molar-refractivity contribution is 6.33. The molecule has 50 valence electrons. The van der Waals surface area contributed by atoms with Gasteiger partial charge < -0.3 is 15.0 Å². The quantitative estimate of drug-likeness (QED) is 0.458. The third-order valence-electron chi connectivity index (χ3n) is 1.26. The van der Waals surface area contributed by atoms with E-state index in [1.165, 1.54) is 0 Å². The highest BCUT2D eigenvalue weighted by atomic mass is 35.5. The van der Waals surface area contributed by atoms with Gasteiger partial charge in [0, 0.05) is 17.1 Å². The number of hydrogen-bond acceptors (Lipinski definition) is 2. The lowest BCUT2D eigenvalue weighted by atomic mass is 10.4. The number of fused-ring (bicyclic) bond motifs is 1. The molecule has 2 aromatic rings. The molecule has 0 aromatic carbocycles. The second-order valence-corrected chi connectivity index (χ2v) is 2.21. The van der Waals surface area contributed by atoms with Crippen molar-refractivity contribution in [2.24, 2.45) is 0 Å².